The van der Waals surface area contributed by atoms with Gasteiger partial charge in [0.1, 0.15) is 5.60 Å². The van der Waals surface area contributed by atoms with Crippen molar-refractivity contribution in [3.8, 4) is 0 Å². The Morgan fingerprint density at radius 3 is 2.79 bits per heavy atom. The molecule has 0 aromatic carbocycles. The summed E-state index contributed by atoms with van der Waals surface area (Å²) in [7, 11) is 0. The topological polar surface area (TPSA) is 63.6 Å². The Kier molecular flexibility index (Phi) is 1.84. The molecule has 2 bridgehead atoms. The molecule has 1 aliphatic carbocycles. The fourth-order valence-corrected chi connectivity index (χ4v) is 2.93. The van der Waals surface area contributed by atoms with Crippen molar-refractivity contribution in [2.45, 2.75) is 32.3 Å². The third kappa shape index (κ3) is 1.21. The van der Waals surface area contributed by atoms with Gasteiger partial charge in [0.05, 0.1) is 11.8 Å². The molecule has 0 spiro atoms. The van der Waals surface area contributed by atoms with Gasteiger partial charge in [-0.3, -0.25) is 9.59 Å². The lowest BCUT2D eigenvalue weighted by molar-refractivity contribution is -0.152. The van der Waals surface area contributed by atoms with Gasteiger partial charge >= 0.3 is 11.9 Å². The molecule has 1 saturated heterocycles. The van der Waals surface area contributed by atoms with Crippen LogP contribution in [0.15, 0.2) is 0 Å². The van der Waals surface area contributed by atoms with Crippen LogP contribution >= 0.6 is 0 Å². The fraction of sp³-hybridized carbons (Fsp3) is 0.800. The second kappa shape index (κ2) is 2.72. The predicted octanol–water partition coefficient (Wildman–Crippen LogP) is 1.05. The van der Waals surface area contributed by atoms with E-state index < -0.39 is 23.4 Å². The molecule has 78 valence electrons. The zero-order valence-corrected chi connectivity index (χ0v) is 8.32. The zero-order valence-electron chi connectivity index (χ0n) is 8.32. The smallest absolute Gasteiger partial charge is 0.310 e. The van der Waals surface area contributed by atoms with Gasteiger partial charge in [-0.25, -0.2) is 0 Å². The third-order valence-electron chi connectivity index (χ3n) is 3.39. The summed E-state index contributed by atoms with van der Waals surface area (Å²) in [6.45, 7) is 3.77. The summed E-state index contributed by atoms with van der Waals surface area (Å²) in [5.41, 5.74) is -0.410. The minimum absolute atomic E-state index is 0.0164. The van der Waals surface area contributed by atoms with Gasteiger partial charge in [-0.2, -0.15) is 0 Å². The van der Waals surface area contributed by atoms with E-state index in [9.17, 15) is 9.59 Å². The summed E-state index contributed by atoms with van der Waals surface area (Å²) >= 11 is 0. The van der Waals surface area contributed by atoms with Crippen molar-refractivity contribution in [2.24, 2.45) is 17.8 Å². The highest BCUT2D eigenvalue weighted by molar-refractivity contribution is 5.83. The second-order valence-corrected chi connectivity index (χ2v) is 4.73. The van der Waals surface area contributed by atoms with Crippen molar-refractivity contribution in [2.75, 3.05) is 0 Å². The van der Waals surface area contributed by atoms with Crippen LogP contribution in [0.4, 0.5) is 0 Å². The van der Waals surface area contributed by atoms with E-state index in [0.717, 1.165) is 0 Å². The number of fused-ring (bicyclic) bond motifs is 2. The van der Waals surface area contributed by atoms with E-state index in [1.807, 2.05) is 13.8 Å². The Morgan fingerprint density at radius 1 is 1.57 bits per heavy atom. The molecule has 1 heterocycles. The number of rotatable bonds is 1. The molecule has 2 rings (SSSR count). The molecule has 4 nitrogen and oxygen atoms in total. The monoisotopic (exact) mass is 198 g/mol. The van der Waals surface area contributed by atoms with Crippen LogP contribution in [0, 0.1) is 17.8 Å². The fourth-order valence-electron chi connectivity index (χ4n) is 2.93. The van der Waals surface area contributed by atoms with Crippen molar-refractivity contribution in [1.82, 2.24) is 0 Å². The number of carbonyl (C=O) groups excluding carboxylic acids is 1. The summed E-state index contributed by atoms with van der Waals surface area (Å²) < 4.78 is 5.22. The van der Waals surface area contributed by atoms with Crippen LogP contribution in [-0.2, 0) is 14.3 Å². The maximum Gasteiger partial charge on any atom is 0.310 e. The number of esters is 1. The van der Waals surface area contributed by atoms with Crippen molar-refractivity contribution < 1.29 is 19.4 Å². The number of hydrogen-bond acceptors (Lipinski definition) is 3. The Bertz CT molecular complexity index is 298. The first kappa shape index (κ1) is 9.49. The standard InChI is InChI=1S/C10H14O4/c1-5-3-10(2)4-6(9(13)14-10)7(5)8(11)12/h5-7H,3-4H2,1-2H3,(H,11,12)/t5-,6+,7-,10+/m0/s1. The molecule has 0 aromatic rings. The van der Waals surface area contributed by atoms with E-state index in [1.54, 1.807) is 0 Å². The molecule has 1 saturated carbocycles. The number of carbonyl (C=O) groups is 2. The minimum Gasteiger partial charge on any atom is -0.481 e. The summed E-state index contributed by atoms with van der Waals surface area (Å²) in [4.78, 5) is 22.4. The molecular formula is C10H14O4. The van der Waals surface area contributed by atoms with Gasteiger partial charge in [-0.1, -0.05) is 6.92 Å². The molecular weight excluding hydrogens is 184 g/mol. The maximum absolute atomic E-state index is 11.4. The molecule has 0 aromatic heterocycles. The molecule has 4 heteroatoms. The van der Waals surface area contributed by atoms with Crippen molar-refractivity contribution in [3.05, 3.63) is 0 Å². The average molecular weight is 198 g/mol. The van der Waals surface area contributed by atoms with Crippen molar-refractivity contribution in [1.29, 1.82) is 0 Å². The number of carboxylic acid groups (broad SMARTS) is 1. The Labute approximate surface area is 82.2 Å². The van der Waals surface area contributed by atoms with E-state index in [1.165, 1.54) is 0 Å². The largest absolute Gasteiger partial charge is 0.481 e. The van der Waals surface area contributed by atoms with Crippen LogP contribution in [0.25, 0.3) is 0 Å². The molecule has 14 heavy (non-hydrogen) atoms. The molecule has 0 amide bonds. The SMILES string of the molecule is C[C@H]1C[C@]2(C)C[C@@H](C(=O)O2)[C@H]1C(=O)O. The van der Waals surface area contributed by atoms with E-state index >= 15 is 0 Å². The van der Waals surface area contributed by atoms with E-state index in [4.69, 9.17) is 9.84 Å². The Balaban J connectivity index is 2.31. The Hall–Kier alpha value is -1.06. The van der Waals surface area contributed by atoms with Crippen LogP contribution in [0.5, 0.6) is 0 Å². The maximum atomic E-state index is 11.4. The van der Waals surface area contributed by atoms with Crippen molar-refractivity contribution >= 4 is 11.9 Å². The molecule has 0 unspecified atom stereocenters. The normalized spacial score (nSPS) is 46.1. The minimum atomic E-state index is -0.872. The highest BCUT2D eigenvalue weighted by atomic mass is 16.6. The average Bonchev–Trinajstić information content (AvgIpc) is 2.21. The lowest BCUT2D eigenvalue weighted by atomic mass is 9.69. The van der Waals surface area contributed by atoms with E-state index in [2.05, 4.69) is 0 Å². The molecule has 2 aliphatic rings. The Morgan fingerprint density at radius 2 is 2.21 bits per heavy atom. The highest BCUT2D eigenvalue weighted by Gasteiger charge is 2.55. The van der Waals surface area contributed by atoms with E-state index in [0.29, 0.717) is 12.8 Å². The van der Waals surface area contributed by atoms with Crippen LogP contribution in [-0.4, -0.2) is 22.6 Å². The van der Waals surface area contributed by atoms with Crippen LogP contribution in [0.2, 0.25) is 0 Å². The molecule has 1 aliphatic heterocycles. The summed E-state index contributed by atoms with van der Waals surface area (Å²) in [5, 5.41) is 9.02. The molecule has 1 N–H and O–H groups in total. The number of hydrogen-bond donors (Lipinski definition) is 1. The van der Waals surface area contributed by atoms with Gasteiger partial charge in [-0.15, -0.1) is 0 Å². The van der Waals surface area contributed by atoms with Crippen LogP contribution in [0.1, 0.15) is 26.7 Å². The molecule has 0 radical (unpaired) electrons. The molecule has 4 atom stereocenters. The van der Waals surface area contributed by atoms with Crippen LogP contribution in [0.3, 0.4) is 0 Å². The third-order valence-corrected chi connectivity index (χ3v) is 3.39. The van der Waals surface area contributed by atoms with Gasteiger partial charge in [0.25, 0.3) is 0 Å². The quantitative estimate of drug-likeness (QED) is 0.639. The lowest BCUT2D eigenvalue weighted by Gasteiger charge is -2.33. The first-order valence-electron chi connectivity index (χ1n) is 4.89. The number of carboxylic acids is 1. The number of ether oxygens (including phenoxy) is 1. The van der Waals surface area contributed by atoms with E-state index in [-0.39, 0.29) is 11.9 Å². The van der Waals surface area contributed by atoms with Gasteiger partial charge < -0.3 is 9.84 Å². The predicted molar refractivity (Wildman–Crippen MR) is 47.5 cm³/mol. The van der Waals surface area contributed by atoms with Gasteiger partial charge in [0.2, 0.25) is 0 Å². The van der Waals surface area contributed by atoms with Crippen LogP contribution < -0.4 is 0 Å². The summed E-state index contributed by atoms with van der Waals surface area (Å²) in [6, 6.07) is 0. The lowest BCUT2D eigenvalue weighted by Crippen LogP contribution is -2.39. The van der Waals surface area contributed by atoms with Gasteiger partial charge in [-0.05, 0) is 19.3 Å². The summed E-state index contributed by atoms with van der Waals surface area (Å²) in [5.74, 6) is -2.17. The summed E-state index contributed by atoms with van der Waals surface area (Å²) in [6.07, 6.45) is 1.22. The van der Waals surface area contributed by atoms with Gasteiger partial charge in [0, 0.05) is 6.42 Å². The highest BCUT2D eigenvalue weighted by Crippen LogP contribution is 2.48. The number of aliphatic carboxylic acids is 1. The zero-order chi connectivity index (χ0) is 10.5. The molecule has 2 fully saturated rings. The van der Waals surface area contributed by atoms with Crippen molar-refractivity contribution in [3.63, 3.8) is 0 Å². The first-order valence-corrected chi connectivity index (χ1v) is 4.89. The second-order valence-electron chi connectivity index (χ2n) is 4.73. The first-order chi connectivity index (χ1) is 6.43. The van der Waals surface area contributed by atoms with Gasteiger partial charge in [0.15, 0.2) is 0 Å².